The van der Waals surface area contributed by atoms with Gasteiger partial charge < -0.3 is 10.1 Å². The lowest BCUT2D eigenvalue weighted by molar-refractivity contribution is -0.174. The molecule has 1 aromatic rings. The lowest BCUT2D eigenvalue weighted by Gasteiger charge is -2.18. The summed E-state index contributed by atoms with van der Waals surface area (Å²) in [6, 6.07) is 10.3. The Bertz CT molecular complexity index is 354. The van der Waals surface area contributed by atoms with E-state index in [-0.39, 0.29) is 12.6 Å². The van der Waals surface area contributed by atoms with E-state index < -0.39 is 12.8 Å². The van der Waals surface area contributed by atoms with E-state index >= 15 is 0 Å². The number of hydrogen-bond acceptors (Lipinski definition) is 2. The largest absolute Gasteiger partial charge is 0.411 e. The molecule has 0 aliphatic heterocycles. The van der Waals surface area contributed by atoms with Gasteiger partial charge in [0.25, 0.3) is 0 Å². The van der Waals surface area contributed by atoms with Crippen LogP contribution < -0.4 is 5.32 Å². The molecule has 0 fully saturated rings. The molecule has 1 aromatic carbocycles. The first-order valence-electron chi connectivity index (χ1n) is 6.95. The molecule has 1 atom stereocenters. The van der Waals surface area contributed by atoms with Crippen molar-refractivity contribution < 1.29 is 17.9 Å². The van der Waals surface area contributed by atoms with E-state index in [0.717, 1.165) is 19.4 Å². The maximum absolute atomic E-state index is 11.9. The van der Waals surface area contributed by atoms with Gasteiger partial charge in [-0.25, -0.2) is 0 Å². The highest BCUT2D eigenvalue weighted by atomic mass is 19.4. The van der Waals surface area contributed by atoms with E-state index in [1.54, 1.807) is 0 Å². The van der Waals surface area contributed by atoms with Gasteiger partial charge in [0, 0.05) is 12.6 Å². The Hall–Kier alpha value is -1.07. The van der Waals surface area contributed by atoms with Crippen LogP contribution in [0.25, 0.3) is 0 Å². The fourth-order valence-electron chi connectivity index (χ4n) is 2.06. The van der Waals surface area contributed by atoms with Crippen molar-refractivity contribution in [3.63, 3.8) is 0 Å². The SMILES string of the molecule is CCNC(CCCCOCC(F)(F)F)c1ccccc1. The van der Waals surface area contributed by atoms with Gasteiger partial charge in [0.1, 0.15) is 6.61 Å². The van der Waals surface area contributed by atoms with E-state index in [1.165, 1.54) is 5.56 Å². The second-order valence-corrected chi connectivity index (χ2v) is 4.68. The third kappa shape index (κ3) is 7.50. The fourth-order valence-corrected chi connectivity index (χ4v) is 2.06. The number of halogens is 3. The summed E-state index contributed by atoms with van der Waals surface area (Å²) in [7, 11) is 0. The maximum atomic E-state index is 11.9. The zero-order valence-corrected chi connectivity index (χ0v) is 11.7. The average Bonchev–Trinajstić information content (AvgIpc) is 2.41. The molecule has 0 saturated heterocycles. The number of benzene rings is 1. The summed E-state index contributed by atoms with van der Waals surface area (Å²) in [5.74, 6) is 0. The number of hydrogen-bond donors (Lipinski definition) is 1. The molecule has 1 N–H and O–H groups in total. The van der Waals surface area contributed by atoms with Gasteiger partial charge in [-0.1, -0.05) is 37.3 Å². The van der Waals surface area contributed by atoms with Crippen LogP contribution in [-0.4, -0.2) is 25.9 Å². The van der Waals surface area contributed by atoms with Crippen molar-refractivity contribution in [3.05, 3.63) is 35.9 Å². The minimum atomic E-state index is -4.23. The predicted molar refractivity (Wildman–Crippen MR) is 73.6 cm³/mol. The van der Waals surface area contributed by atoms with E-state index in [0.29, 0.717) is 6.42 Å². The number of nitrogens with one attached hydrogen (secondary N) is 1. The van der Waals surface area contributed by atoms with Crippen LogP contribution in [0.2, 0.25) is 0 Å². The Labute approximate surface area is 118 Å². The van der Waals surface area contributed by atoms with Crippen molar-refractivity contribution in [3.8, 4) is 0 Å². The van der Waals surface area contributed by atoms with Gasteiger partial charge in [-0.15, -0.1) is 0 Å². The van der Waals surface area contributed by atoms with Crippen LogP contribution in [0.5, 0.6) is 0 Å². The Balaban J connectivity index is 2.23. The van der Waals surface area contributed by atoms with Crippen LogP contribution >= 0.6 is 0 Å². The zero-order chi connectivity index (χ0) is 14.8. The van der Waals surface area contributed by atoms with Crippen LogP contribution in [-0.2, 0) is 4.74 Å². The summed E-state index contributed by atoms with van der Waals surface area (Å²) >= 11 is 0. The molecule has 0 radical (unpaired) electrons. The molecule has 0 heterocycles. The summed E-state index contributed by atoms with van der Waals surface area (Å²) < 4.78 is 40.2. The summed E-state index contributed by atoms with van der Waals surface area (Å²) in [6.07, 6.45) is -1.85. The second kappa shape index (κ2) is 8.97. The molecular formula is C15H22F3NO. The van der Waals surface area contributed by atoms with E-state index in [9.17, 15) is 13.2 Å². The molecule has 114 valence electrons. The summed E-state index contributed by atoms with van der Waals surface area (Å²) in [5.41, 5.74) is 1.21. The summed E-state index contributed by atoms with van der Waals surface area (Å²) in [6.45, 7) is 1.92. The van der Waals surface area contributed by atoms with Crippen molar-refractivity contribution in [2.24, 2.45) is 0 Å². The van der Waals surface area contributed by atoms with Crippen molar-refractivity contribution in [1.82, 2.24) is 5.32 Å². The zero-order valence-electron chi connectivity index (χ0n) is 11.7. The van der Waals surface area contributed by atoms with Gasteiger partial charge in [-0.2, -0.15) is 13.2 Å². The monoisotopic (exact) mass is 289 g/mol. The molecule has 5 heteroatoms. The Morgan fingerprint density at radius 2 is 1.85 bits per heavy atom. The van der Waals surface area contributed by atoms with Gasteiger partial charge in [-0.3, -0.25) is 0 Å². The van der Waals surface area contributed by atoms with Crippen LogP contribution in [0, 0.1) is 0 Å². The molecule has 0 amide bonds. The first-order valence-corrected chi connectivity index (χ1v) is 6.95. The van der Waals surface area contributed by atoms with E-state index in [2.05, 4.69) is 22.2 Å². The quantitative estimate of drug-likeness (QED) is 0.691. The number of unbranched alkanes of at least 4 members (excludes halogenated alkanes) is 1. The molecule has 0 aliphatic rings. The fraction of sp³-hybridized carbons (Fsp3) is 0.600. The first kappa shape index (κ1) is 17.0. The van der Waals surface area contributed by atoms with Gasteiger partial charge in [-0.05, 0) is 31.4 Å². The average molecular weight is 289 g/mol. The summed E-state index contributed by atoms with van der Waals surface area (Å²) in [4.78, 5) is 0. The minimum absolute atomic E-state index is 0.160. The normalized spacial score (nSPS) is 13.4. The standard InChI is InChI=1S/C15H22F3NO/c1-2-19-14(13-8-4-3-5-9-13)10-6-7-11-20-12-15(16,17)18/h3-5,8-9,14,19H,2,6-7,10-12H2,1H3. The summed E-state index contributed by atoms with van der Waals surface area (Å²) in [5, 5.41) is 3.39. The third-order valence-corrected chi connectivity index (χ3v) is 2.95. The first-order chi connectivity index (χ1) is 9.53. The van der Waals surface area contributed by atoms with Crippen molar-refractivity contribution in [1.29, 1.82) is 0 Å². The van der Waals surface area contributed by atoms with Crippen molar-refractivity contribution in [2.75, 3.05) is 19.8 Å². The molecule has 0 saturated carbocycles. The van der Waals surface area contributed by atoms with E-state index in [4.69, 9.17) is 0 Å². The third-order valence-electron chi connectivity index (χ3n) is 2.95. The molecular weight excluding hydrogens is 267 g/mol. The van der Waals surface area contributed by atoms with Gasteiger partial charge in [0.05, 0.1) is 0 Å². The smallest absolute Gasteiger partial charge is 0.372 e. The van der Waals surface area contributed by atoms with Gasteiger partial charge in [0.15, 0.2) is 0 Å². The molecule has 0 bridgehead atoms. The molecule has 20 heavy (non-hydrogen) atoms. The van der Waals surface area contributed by atoms with Crippen molar-refractivity contribution >= 4 is 0 Å². The molecule has 0 spiro atoms. The van der Waals surface area contributed by atoms with E-state index in [1.807, 2.05) is 25.1 Å². The maximum Gasteiger partial charge on any atom is 0.411 e. The lowest BCUT2D eigenvalue weighted by Crippen LogP contribution is -2.21. The Kier molecular flexibility index (Phi) is 7.62. The molecule has 0 aliphatic carbocycles. The van der Waals surface area contributed by atoms with Gasteiger partial charge >= 0.3 is 6.18 Å². The molecule has 1 unspecified atom stereocenters. The van der Waals surface area contributed by atoms with Crippen LogP contribution in [0.4, 0.5) is 13.2 Å². The Morgan fingerprint density at radius 3 is 2.45 bits per heavy atom. The number of ether oxygens (including phenoxy) is 1. The highest BCUT2D eigenvalue weighted by Crippen LogP contribution is 2.19. The Morgan fingerprint density at radius 1 is 1.15 bits per heavy atom. The molecule has 0 aromatic heterocycles. The molecule has 2 nitrogen and oxygen atoms in total. The second-order valence-electron chi connectivity index (χ2n) is 4.68. The van der Waals surface area contributed by atoms with Crippen LogP contribution in [0.1, 0.15) is 37.8 Å². The highest BCUT2D eigenvalue weighted by molar-refractivity contribution is 5.18. The molecule has 1 rings (SSSR count). The van der Waals surface area contributed by atoms with Crippen LogP contribution in [0.3, 0.4) is 0 Å². The van der Waals surface area contributed by atoms with Crippen LogP contribution in [0.15, 0.2) is 30.3 Å². The topological polar surface area (TPSA) is 21.3 Å². The number of rotatable bonds is 9. The number of alkyl halides is 3. The minimum Gasteiger partial charge on any atom is -0.372 e. The highest BCUT2D eigenvalue weighted by Gasteiger charge is 2.27. The predicted octanol–water partition coefficient (Wildman–Crippen LogP) is 4.09. The lowest BCUT2D eigenvalue weighted by atomic mass is 10.0. The van der Waals surface area contributed by atoms with Gasteiger partial charge in [0.2, 0.25) is 0 Å². The van der Waals surface area contributed by atoms with Crippen molar-refractivity contribution in [2.45, 2.75) is 38.4 Å².